The van der Waals surface area contributed by atoms with Crippen LogP contribution in [0.15, 0.2) is 199 Å². The lowest BCUT2D eigenvalue weighted by molar-refractivity contribution is 0.592. The van der Waals surface area contributed by atoms with Crippen molar-refractivity contribution in [3.63, 3.8) is 0 Å². The molecule has 10 rings (SSSR count). The van der Waals surface area contributed by atoms with Crippen molar-refractivity contribution in [1.29, 1.82) is 0 Å². The van der Waals surface area contributed by atoms with E-state index in [1.807, 2.05) is 84.9 Å². The summed E-state index contributed by atoms with van der Waals surface area (Å²) in [6, 6.07) is 65.9. The maximum Gasteiger partial charge on any atom is 0.171 e. The maximum absolute atomic E-state index is 14.9. The van der Waals surface area contributed by atoms with Gasteiger partial charge in [-0.15, -0.1) is 0 Å². The molecule has 0 aliphatic rings. The Hall–Kier alpha value is -6.54. The summed E-state index contributed by atoms with van der Waals surface area (Å²) in [6.07, 6.45) is 0. The van der Waals surface area contributed by atoms with Gasteiger partial charge in [0.2, 0.25) is 0 Å². The number of furan rings is 1. The molecule has 0 aliphatic heterocycles. The summed E-state index contributed by atoms with van der Waals surface area (Å²) in [4.78, 5) is 5.15. The lowest BCUT2D eigenvalue weighted by atomic mass is 9.94. The molecule has 4 heteroatoms. The molecule has 53 heavy (non-hydrogen) atoms. The first-order valence-electron chi connectivity index (χ1n) is 17.8. The summed E-state index contributed by atoms with van der Waals surface area (Å²) in [5, 5.41) is 8.00. The Balaban J connectivity index is 1.10. The molecule has 0 aliphatic carbocycles. The van der Waals surface area contributed by atoms with Crippen molar-refractivity contribution in [2.75, 3.05) is 0 Å². The Labute approximate surface area is 307 Å². The minimum atomic E-state index is -3.06. The van der Waals surface area contributed by atoms with E-state index in [1.54, 1.807) is 0 Å². The smallest absolute Gasteiger partial charge is 0.171 e. The molecular weight excluding hydrogens is 666 g/mol. The van der Waals surface area contributed by atoms with Crippen molar-refractivity contribution in [1.82, 2.24) is 4.98 Å². The molecule has 0 saturated carbocycles. The van der Waals surface area contributed by atoms with Crippen LogP contribution in [0, 0.1) is 0 Å². The third-order valence-corrected chi connectivity index (χ3v) is 13.4. The highest BCUT2D eigenvalue weighted by Gasteiger charge is 2.29. The molecule has 0 spiro atoms. The number of hydrogen-bond donors (Lipinski definition) is 0. The van der Waals surface area contributed by atoms with E-state index in [9.17, 15) is 4.57 Å². The van der Waals surface area contributed by atoms with Gasteiger partial charge in [0, 0.05) is 54.0 Å². The van der Waals surface area contributed by atoms with Crippen molar-refractivity contribution in [2.24, 2.45) is 0 Å². The van der Waals surface area contributed by atoms with Crippen molar-refractivity contribution in [3.8, 4) is 33.5 Å². The number of nitrogens with zero attached hydrogens (tertiary/aromatic N) is 1. The van der Waals surface area contributed by atoms with Gasteiger partial charge in [0.15, 0.2) is 7.14 Å². The first-order valence-corrected chi connectivity index (χ1v) is 19.5. The number of pyridine rings is 1. The van der Waals surface area contributed by atoms with E-state index in [-0.39, 0.29) is 0 Å². The zero-order valence-electron chi connectivity index (χ0n) is 28.7. The third-order valence-electron chi connectivity index (χ3n) is 10.3. The minimum Gasteiger partial charge on any atom is -0.455 e. The summed E-state index contributed by atoms with van der Waals surface area (Å²) < 4.78 is 21.7. The fraction of sp³-hybridized carbons (Fsp3) is 0. The fourth-order valence-corrected chi connectivity index (χ4v) is 10.5. The number of fused-ring (bicyclic) bond motifs is 7. The predicted molar refractivity (Wildman–Crippen MR) is 222 cm³/mol. The van der Waals surface area contributed by atoms with Crippen LogP contribution in [0.3, 0.4) is 0 Å². The van der Waals surface area contributed by atoms with Gasteiger partial charge >= 0.3 is 0 Å². The molecule has 2 heterocycles. The molecule has 0 bridgehead atoms. The van der Waals surface area contributed by atoms with Crippen molar-refractivity contribution in [2.45, 2.75) is 0 Å². The summed E-state index contributed by atoms with van der Waals surface area (Å²) in [6.45, 7) is 0. The molecule has 10 aromatic rings. The summed E-state index contributed by atoms with van der Waals surface area (Å²) in [7, 11) is -3.06. The van der Waals surface area contributed by atoms with Crippen LogP contribution < -0.4 is 15.9 Å². The van der Waals surface area contributed by atoms with E-state index in [0.29, 0.717) is 0 Å². The van der Waals surface area contributed by atoms with Crippen LogP contribution >= 0.6 is 7.14 Å². The number of hydrogen-bond acceptors (Lipinski definition) is 3. The number of benzene rings is 8. The molecule has 0 unspecified atom stereocenters. The second kappa shape index (κ2) is 12.6. The lowest BCUT2D eigenvalue weighted by Crippen LogP contribution is -2.24. The standard InChI is InChI=1S/C49H32NO2P/c51-53(37-18-6-2-7-19-37,38-20-8-3-9-21-38)39-28-26-33(27-29-39)35-16-12-17-36(32-35)40-23-13-24-43-47-45(52-49(40)43)31-30-42-46(47)41-22-10-11-25-44(41)50-48(42)34-14-4-1-5-15-34/h1-32H. The molecule has 3 nitrogen and oxygen atoms in total. The van der Waals surface area contributed by atoms with Gasteiger partial charge in [-0.1, -0.05) is 170 Å². The van der Waals surface area contributed by atoms with Crippen LogP contribution in [0.2, 0.25) is 0 Å². The van der Waals surface area contributed by atoms with E-state index < -0.39 is 7.14 Å². The number of aromatic nitrogens is 1. The molecule has 0 saturated heterocycles. The van der Waals surface area contributed by atoms with Gasteiger partial charge in [0.1, 0.15) is 11.2 Å². The lowest BCUT2D eigenvalue weighted by Gasteiger charge is -2.20. The Morgan fingerprint density at radius 3 is 1.74 bits per heavy atom. The maximum atomic E-state index is 14.9. The topological polar surface area (TPSA) is 43.1 Å². The van der Waals surface area contributed by atoms with E-state index >= 15 is 0 Å². The van der Waals surface area contributed by atoms with Gasteiger partial charge in [0.25, 0.3) is 0 Å². The minimum absolute atomic E-state index is 0.812. The zero-order valence-corrected chi connectivity index (χ0v) is 29.6. The average Bonchev–Trinajstić information content (AvgIpc) is 3.63. The molecule has 0 atom stereocenters. The zero-order chi connectivity index (χ0) is 35.4. The van der Waals surface area contributed by atoms with Crippen LogP contribution in [0.5, 0.6) is 0 Å². The van der Waals surface area contributed by atoms with Crippen LogP contribution in [0.1, 0.15) is 0 Å². The Bertz CT molecular complexity index is 2960. The molecular formula is C49H32NO2P. The quantitative estimate of drug-likeness (QED) is 0.128. The average molecular weight is 698 g/mol. The van der Waals surface area contributed by atoms with Crippen LogP contribution in [0.25, 0.3) is 77.1 Å². The second-order valence-electron chi connectivity index (χ2n) is 13.4. The van der Waals surface area contributed by atoms with Crippen LogP contribution in [-0.2, 0) is 4.57 Å². The second-order valence-corrected chi connectivity index (χ2v) is 16.2. The predicted octanol–water partition coefficient (Wildman–Crippen LogP) is 11.9. The Kier molecular flexibility index (Phi) is 7.42. The number of para-hydroxylation sites is 2. The monoisotopic (exact) mass is 697 g/mol. The van der Waals surface area contributed by atoms with E-state index in [1.165, 1.54) is 0 Å². The molecule has 0 fully saturated rings. The largest absolute Gasteiger partial charge is 0.455 e. The Morgan fingerprint density at radius 2 is 1.00 bits per heavy atom. The van der Waals surface area contributed by atoms with Gasteiger partial charge in [-0.2, -0.15) is 0 Å². The van der Waals surface area contributed by atoms with Crippen molar-refractivity contribution < 1.29 is 8.98 Å². The molecule has 0 radical (unpaired) electrons. The highest BCUT2D eigenvalue weighted by atomic mass is 31.2. The molecule has 250 valence electrons. The van der Waals surface area contributed by atoms with Gasteiger partial charge in [-0.3, -0.25) is 0 Å². The van der Waals surface area contributed by atoms with Gasteiger partial charge in [-0.25, -0.2) is 4.98 Å². The first kappa shape index (κ1) is 31.2. The fourth-order valence-electron chi connectivity index (χ4n) is 7.83. The van der Waals surface area contributed by atoms with E-state index in [0.717, 1.165) is 93.0 Å². The molecule has 8 aromatic carbocycles. The third kappa shape index (κ3) is 5.12. The van der Waals surface area contributed by atoms with Crippen molar-refractivity contribution >= 4 is 66.7 Å². The Morgan fingerprint density at radius 1 is 0.415 bits per heavy atom. The van der Waals surface area contributed by atoms with Crippen LogP contribution in [0.4, 0.5) is 0 Å². The molecule has 2 aromatic heterocycles. The summed E-state index contributed by atoms with van der Waals surface area (Å²) in [5.74, 6) is 0. The summed E-state index contributed by atoms with van der Waals surface area (Å²) in [5.41, 5.74) is 8.95. The number of rotatable bonds is 6. The van der Waals surface area contributed by atoms with Gasteiger partial charge in [-0.05, 0) is 41.0 Å². The SMILES string of the molecule is O=P(c1ccccc1)(c1ccccc1)c1ccc(-c2cccc(-c3cccc4c3oc3ccc5c(-c6ccccc6)nc6ccccc6c5c34)c2)cc1. The van der Waals surface area contributed by atoms with Gasteiger partial charge in [0.05, 0.1) is 11.2 Å². The first-order chi connectivity index (χ1) is 26.2. The van der Waals surface area contributed by atoms with E-state index in [4.69, 9.17) is 9.40 Å². The summed E-state index contributed by atoms with van der Waals surface area (Å²) >= 11 is 0. The normalized spacial score (nSPS) is 11.8. The van der Waals surface area contributed by atoms with Crippen molar-refractivity contribution in [3.05, 3.63) is 194 Å². The highest BCUT2D eigenvalue weighted by molar-refractivity contribution is 7.85. The molecule has 0 amide bonds. The van der Waals surface area contributed by atoms with E-state index in [2.05, 4.69) is 109 Å². The van der Waals surface area contributed by atoms with Crippen LogP contribution in [-0.4, -0.2) is 4.98 Å². The highest BCUT2D eigenvalue weighted by Crippen LogP contribution is 2.45. The van der Waals surface area contributed by atoms with Gasteiger partial charge < -0.3 is 8.98 Å². The molecule has 0 N–H and O–H groups in total.